The van der Waals surface area contributed by atoms with Gasteiger partial charge in [-0.2, -0.15) is 0 Å². The van der Waals surface area contributed by atoms with Crippen LogP contribution in [0.25, 0.3) is 0 Å². The van der Waals surface area contributed by atoms with Gasteiger partial charge in [0, 0.05) is 0 Å². The highest BCUT2D eigenvalue weighted by Crippen LogP contribution is 2.13. The number of unbranched alkanes of at least 4 members (excludes halogenated alkanes) is 46. The van der Waals surface area contributed by atoms with E-state index in [1.54, 1.807) is 0 Å². The predicted molar refractivity (Wildman–Crippen MR) is 532 cm³/mol. The minimum Gasteiger partial charge on any atom is -0.0917 e. The number of hydrogen-bond donors (Lipinski definition) is 0. The average Bonchev–Trinajstić information content (AvgIpc) is 3.07. The van der Waals surface area contributed by atoms with Crippen LogP contribution in [0.5, 0.6) is 0 Å². The Morgan fingerprint density at radius 2 is 0.303 bits per heavy atom. The third-order valence-corrected chi connectivity index (χ3v) is 18.1. The summed E-state index contributed by atoms with van der Waals surface area (Å²) in [6.07, 6.45) is 121. The number of allylic oxidation sites excluding steroid dienone is 14. The van der Waals surface area contributed by atoms with Gasteiger partial charge in [0.1, 0.15) is 0 Å². The zero-order valence-corrected chi connectivity index (χ0v) is 82.3. The van der Waals surface area contributed by atoms with Crippen molar-refractivity contribution in [3.8, 4) is 0 Å². The molecule has 0 aromatic rings. The molecule has 668 valence electrons. The third-order valence-electron chi connectivity index (χ3n) is 18.1. The van der Waals surface area contributed by atoms with Crippen LogP contribution in [0.4, 0.5) is 0 Å². The van der Waals surface area contributed by atoms with Crippen LogP contribution in [0.3, 0.4) is 0 Å². The first-order valence-electron chi connectivity index (χ1n) is 50.3. The summed E-state index contributed by atoms with van der Waals surface area (Å²) in [4.78, 5) is 0. The lowest BCUT2D eigenvalue weighted by molar-refractivity contribution is 0.482. The van der Waals surface area contributed by atoms with Crippen molar-refractivity contribution in [3.63, 3.8) is 0 Å². The minimum atomic E-state index is 0. The molecule has 1 unspecified atom stereocenters. The van der Waals surface area contributed by atoms with Crippen molar-refractivity contribution in [1.82, 2.24) is 0 Å². The van der Waals surface area contributed by atoms with Crippen molar-refractivity contribution in [2.45, 2.75) is 618 Å². The first kappa shape index (κ1) is 139. The largest absolute Gasteiger partial charge is 0.0917 e. The monoisotopic (exact) mass is 1540 g/mol. The van der Waals surface area contributed by atoms with Crippen LogP contribution < -0.4 is 0 Å². The highest BCUT2D eigenvalue weighted by Gasteiger charge is 1.96. The van der Waals surface area contributed by atoms with Crippen LogP contribution in [0.1, 0.15) is 618 Å². The summed E-state index contributed by atoms with van der Waals surface area (Å²) in [5, 5.41) is 0. The molecule has 0 heterocycles. The van der Waals surface area contributed by atoms with E-state index in [-0.39, 0.29) is 7.43 Å². The van der Waals surface area contributed by atoms with Crippen molar-refractivity contribution in [2.24, 2.45) is 5.92 Å². The molecule has 1 atom stereocenters. The highest BCUT2D eigenvalue weighted by atomic mass is 14.0. The van der Waals surface area contributed by atoms with Crippen molar-refractivity contribution in [1.29, 1.82) is 0 Å². The number of hydrogen-bond acceptors (Lipinski definition) is 0. The first-order chi connectivity index (χ1) is 52.8. The maximum Gasteiger partial charge on any atom is -0.0351 e. The van der Waals surface area contributed by atoms with Crippen molar-refractivity contribution in [3.05, 3.63) is 85.1 Å². The normalized spacial score (nSPS) is 10.6. The molecule has 0 fully saturated rings. The quantitative estimate of drug-likeness (QED) is 0.0421. The summed E-state index contributed by atoms with van der Waals surface area (Å²) >= 11 is 0. The topological polar surface area (TPSA) is 0 Å². The molecule has 0 radical (unpaired) electrons. The summed E-state index contributed by atoms with van der Waals surface area (Å²) in [6.45, 7) is 59.9. The molecule has 0 N–H and O–H groups in total. The summed E-state index contributed by atoms with van der Waals surface area (Å²) in [6, 6.07) is 0. The second kappa shape index (κ2) is 178. The lowest BCUT2D eigenvalue weighted by atomic mass is 10.0. The van der Waals surface area contributed by atoms with Crippen LogP contribution in [-0.4, -0.2) is 0 Å². The Balaban J connectivity index is -0.0000000751. The minimum absolute atomic E-state index is 0. The van der Waals surface area contributed by atoms with Gasteiger partial charge >= 0.3 is 0 Å². The van der Waals surface area contributed by atoms with Gasteiger partial charge in [0.2, 0.25) is 0 Å². The lowest BCUT2D eigenvalue weighted by Crippen LogP contribution is -1.90. The molecule has 0 spiro atoms. The SMILES string of the molecule is C.CC=CCCCCC.CC=CCCCCCCC.CCC=CCC.CCC=CCCCC.CCC=CCCCC.CCC=CCCCCCC.CCC=CCCCCCC.CCCC.CCCCCC.CCCCCC(C)CC.CCCCCCCC.CCCCCCCCCC.CCCCCCCCCCC. The molecule has 0 amide bonds. The second-order valence-corrected chi connectivity index (χ2v) is 30.4. The molecule has 0 aliphatic carbocycles. The fourth-order valence-corrected chi connectivity index (χ4v) is 10.1. The zero-order valence-electron chi connectivity index (χ0n) is 82.3. The Morgan fingerprint density at radius 3 is 0.495 bits per heavy atom. The van der Waals surface area contributed by atoms with Gasteiger partial charge in [0.25, 0.3) is 0 Å². The summed E-state index contributed by atoms with van der Waals surface area (Å²) < 4.78 is 0. The molecule has 0 aliphatic heterocycles. The summed E-state index contributed by atoms with van der Waals surface area (Å²) in [5.74, 6) is 0.955. The average molecular weight is 1540 g/mol. The molecule has 0 bridgehead atoms. The predicted octanol–water partition coefficient (Wildman–Crippen LogP) is 44.3. The fraction of sp³-hybridized carbons (Fsp3) is 0.872. The molecule has 0 saturated carbocycles. The van der Waals surface area contributed by atoms with E-state index in [1.807, 2.05) is 0 Å². The van der Waals surface area contributed by atoms with E-state index in [4.69, 9.17) is 0 Å². The van der Waals surface area contributed by atoms with E-state index in [9.17, 15) is 0 Å². The summed E-state index contributed by atoms with van der Waals surface area (Å²) in [5.41, 5.74) is 0. The molecule has 0 rings (SSSR count). The lowest BCUT2D eigenvalue weighted by Gasteiger charge is -2.05. The van der Waals surface area contributed by atoms with Gasteiger partial charge in [-0.1, -0.05) is 587 Å². The molecular weight excluding hydrogens is 1310 g/mol. The molecule has 0 nitrogen and oxygen atoms in total. The Hall–Kier alpha value is -1.82. The zero-order chi connectivity index (χ0) is 84.1. The van der Waals surface area contributed by atoms with E-state index in [1.165, 1.54) is 424 Å². The third kappa shape index (κ3) is 248. The number of rotatable bonds is 61. The van der Waals surface area contributed by atoms with E-state index >= 15 is 0 Å². The van der Waals surface area contributed by atoms with Crippen LogP contribution >= 0.6 is 0 Å². The van der Waals surface area contributed by atoms with Gasteiger partial charge in [-0.25, -0.2) is 0 Å². The maximum atomic E-state index is 2.34. The van der Waals surface area contributed by atoms with Crippen molar-refractivity contribution in [2.75, 3.05) is 0 Å². The van der Waals surface area contributed by atoms with E-state index in [2.05, 4.69) is 272 Å². The maximum absolute atomic E-state index is 2.34. The van der Waals surface area contributed by atoms with E-state index < -0.39 is 0 Å². The van der Waals surface area contributed by atoms with Crippen molar-refractivity contribution < 1.29 is 0 Å². The molecule has 0 heteroatoms. The molecule has 109 heavy (non-hydrogen) atoms. The van der Waals surface area contributed by atoms with Gasteiger partial charge in [-0.05, 0) is 122 Å². The molecule has 0 aliphatic rings. The van der Waals surface area contributed by atoms with Gasteiger partial charge in [-0.15, -0.1) is 0 Å². The highest BCUT2D eigenvalue weighted by molar-refractivity contribution is 4.82. The van der Waals surface area contributed by atoms with Crippen LogP contribution in [-0.2, 0) is 0 Å². The fourth-order valence-electron chi connectivity index (χ4n) is 10.1. The van der Waals surface area contributed by atoms with Gasteiger partial charge in [0.05, 0.1) is 0 Å². The van der Waals surface area contributed by atoms with Crippen molar-refractivity contribution >= 4 is 0 Å². The van der Waals surface area contributed by atoms with Gasteiger partial charge < -0.3 is 0 Å². The van der Waals surface area contributed by atoms with Crippen LogP contribution in [0.2, 0.25) is 0 Å². The standard InChI is InChI=1S/C11H24.C10H22.3C10H20.C9H20.C8H18.3C8H16.C6H14.C6H12.C4H10.CH4/c1-3-5-7-9-11-10-8-6-4-2;4*1-3-5-7-9-10-8-6-4-2;1-4-6-7-8-9(3)5-2;4*1-3-5-7-8-6-4-2;2*1-3-5-6-4-2;1-3-4-2;/h3-11H2,1-2H3;3-10H2,1-2H3;2*5,7H,3-4,6,8-10H2,1-2H3;3,5H,4,6-10H2,1-2H3;9H,4-8H2,1-3H3;3-8H2,1-2H3;2*5,7H,3-4,6,8H2,1-2H3;3,5H,4,6-8H2,1-2H3;3-6H2,1-2H3;5-6H,3-4H2,1-2H3;3-4H2,1-2H3;1H4. The van der Waals surface area contributed by atoms with Crippen LogP contribution in [0.15, 0.2) is 85.1 Å². The summed E-state index contributed by atoms with van der Waals surface area (Å²) in [7, 11) is 0. The molecular formula is C109H232. The first-order valence-corrected chi connectivity index (χ1v) is 50.3. The smallest absolute Gasteiger partial charge is 0.0351 e. The second-order valence-electron chi connectivity index (χ2n) is 30.4. The molecule has 0 aromatic heterocycles. The Kier molecular flexibility index (Phi) is 228. The van der Waals surface area contributed by atoms with Gasteiger partial charge in [-0.3, -0.25) is 0 Å². The van der Waals surface area contributed by atoms with E-state index in [0.717, 1.165) is 5.92 Å². The molecule has 0 saturated heterocycles. The van der Waals surface area contributed by atoms with E-state index in [0.29, 0.717) is 0 Å². The Labute approximate surface area is 704 Å². The Bertz CT molecular complexity index is 1290. The van der Waals surface area contributed by atoms with Gasteiger partial charge in [0.15, 0.2) is 0 Å². The van der Waals surface area contributed by atoms with Crippen LogP contribution in [0, 0.1) is 5.92 Å². The Morgan fingerprint density at radius 1 is 0.156 bits per heavy atom. The molecule has 0 aromatic carbocycles.